The minimum Gasteiger partial charge on any atom is -0.373 e. The predicted molar refractivity (Wildman–Crippen MR) is 101 cm³/mol. The molecule has 1 N–H and O–H groups in total. The average molecular weight is 421 g/mol. The number of nitrogens with zero attached hydrogens (tertiary/aromatic N) is 2. The van der Waals surface area contributed by atoms with Crippen LogP contribution in [0.25, 0.3) is 0 Å². The van der Waals surface area contributed by atoms with Crippen LogP contribution in [0.2, 0.25) is 0 Å². The lowest BCUT2D eigenvalue weighted by Crippen LogP contribution is -2.35. The summed E-state index contributed by atoms with van der Waals surface area (Å²) >= 11 is 0. The number of likely N-dealkylation sites (tertiary alicyclic amines) is 1. The summed E-state index contributed by atoms with van der Waals surface area (Å²) in [6, 6.07) is 2.77. The molecular weight excluding hydrogens is 399 g/mol. The molecule has 2 amide bonds. The van der Waals surface area contributed by atoms with E-state index in [0.717, 1.165) is 12.8 Å². The number of fused-ring (bicyclic) bond motifs is 1. The summed E-state index contributed by atoms with van der Waals surface area (Å²) in [7, 11) is 0. The number of aromatic nitrogens is 1. The quantitative estimate of drug-likeness (QED) is 0.826. The lowest BCUT2D eigenvalue weighted by molar-refractivity contribution is 0.0684. The Bertz CT molecular complexity index is 982. The molecule has 4 rings (SSSR count). The molecule has 1 fully saturated rings. The number of halogens is 3. The van der Waals surface area contributed by atoms with Crippen molar-refractivity contribution in [1.29, 1.82) is 0 Å². The smallest absolute Gasteiger partial charge is 0.270 e. The van der Waals surface area contributed by atoms with Gasteiger partial charge in [-0.05, 0) is 25.8 Å². The second-order valence-electron chi connectivity index (χ2n) is 7.61. The molecule has 1 aromatic carbocycles. The van der Waals surface area contributed by atoms with E-state index in [1.807, 2.05) is 6.92 Å². The zero-order chi connectivity index (χ0) is 21.4. The molecule has 0 radical (unpaired) electrons. The van der Waals surface area contributed by atoms with Gasteiger partial charge in [-0.25, -0.2) is 13.2 Å². The number of benzene rings is 1. The van der Waals surface area contributed by atoms with Gasteiger partial charge in [0.05, 0.1) is 24.5 Å². The molecule has 1 unspecified atom stereocenters. The minimum absolute atomic E-state index is 0.130. The number of ether oxygens (including phenoxy) is 1. The summed E-state index contributed by atoms with van der Waals surface area (Å²) in [5, 5.41) is 2.46. The van der Waals surface area contributed by atoms with Gasteiger partial charge >= 0.3 is 0 Å². The van der Waals surface area contributed by atoms with Gasteiger partial charge in [-0.3, -0.25) is 9.59 Å². The third kappa shape index (κ3) is 3.69. The first kappa shape index (κ1) is 20.5. The van der Waals surface area contributed by atoms with Gasteiger partial charge in [-0.15, -0.1) is 0 Å². The van der Waals surface area contributed by atoms with Crippen LogP contribution in [0.3, 0.4) is 0 Å². The largest absolute Gasteiger partial charge is 0.373 e. The van der Waals surface area contributed by atoms with Crippen molar-refractivity contribution in [2.24, 2.45) is 0 Å². The molecule has 3 heterocycles. The third-order valence-electron chi connectivity index (χ3n) is 5.72. The molecule has 1 aromatic heterocycles. The fourth-order valence-corrected chi connectivity index (χ4v) is 4.09. The monoisotopic (exact) mass is 421 g/mol. The van der Waals surface area contributed by atoms with Crippen molar-refractivity contribution in [3.8, 4) is 0 Å². The van der Waals surface area contributed by atoms with Crippen molar-refractivity contribution in [3.63, 3.8) is 0 Å². The normalized spacial score (nSPS) is 18.4. The van der Waals surface area contributed by atoms with E-state index in [1.165, 1.54) is 6.07 Å². The molecule has 2 aromatic rings. The van der Waals surface area contributed by atoms with Gasteiger partial charge in [0.25, 0.3) is 11.8 Å². The van der Waals surface area contributed by atoms with E-state index in [0.29, 0.717) is 43.2 Å². The van der Waals surface area contributed by atoms with Gasteiger partial charge < -0.3 is 19.5 Å². The zero-order valence-corrected chi connectivity index (χ0v) is 16.5. The van der Waals surface area contributed by atoms with Crippen LogP contribution in [0.1, 0.15) is 51.9 Å². The second kappa shape index (κ2) is 8.14. The maximum atomic E-state index is 13.9. The molecule has 0 saturated carbocycles. The highest BCUT2D eigenvalue weighted by Gasteiger charge is 2.32. The van der Waals surface area contributed by atoms with E-state index in [1.54, 1.807) is 9.47 Å². The van der Waals surface area contributed by atoms with Crippen molar-refractivity contribution in [3.05, 3.63) is 58.2 Å². The highest BCUT2D eigenvalue weighted by Crippen LogP contribution is 2.26. The van der Waals surface area contributed by atoms with Crippen LogP contribution >= 0.6 is 0 Å². The summed E-state index contributed by atoms with van der Waals surface area (Å²) in [6.45, 7) is 3.23. The fraction of sp³-hybridized carbons (Fsp3) is 0.429. The Balaban J connectivity index is 1.59. The Morgan fingerprint density at radius 3 is 2.57 bits per heavy atom. The molecule has 0 spiro atoms. The maximum Gasteiger partial charge on any atom is 0.270 e. The van der Waals surface area contributed by atoms with Gasteiger partial charge in [0.15, 0.2) is 0 Å². The molecule has 2 aliphatic heterocycles. The first-order valence-electron chi connectivity index (χ1n) is 9.89. The lowest BCUT2D eigenvalue weighted by atomic mass is 10.1. The maximum absolute atomic E-state index is 13.9. The molecule has 0 bridgehead atoms. The molecule has 1 saturated heterocycles. The summed E-state index contributed by atoms with van der Waals surface area (Å²) in [4.78, 5) is 27.6. The molecule has 9 heteroatoms. The van der Waals surface area contributed by atoms with Crippen molar-refractivity contribution in [2.75, 3.05) is 13.2 Å². The number of hydrogen-bond donors (Lipinski definition) is 1. The number of carbonyl (C=O) groups is 2. The number of rotatable bonds is 4. The molecule has 30 heavy (non-hydrogen) atoms. The third-order valence-corrected chi connectivity index (χ3v) is 5.72. The van der Waals surface area contributed by atoms with E-state index < -0.39 is 35.5 Å². The van der Waals surface area contributed by atoms with Crippen molar-refractivity contribution < 1.29 is 27.5 Å². The molecule has 2 aliphatic rings. The van der Waals surface area contributed by atoms with Crippen molar-refractivity contribution in [2.45, 2.75) is 45.5 Å². The molecule has 160 valence electrons. The Morgan fingerprint density at radius 1 is 1.17 bits per heavy atom. The summed E-state index contributed by atoms with van der Waals surface area (Å²) in [5.41, 5.74) is 0.754. The number of amides is 2. The molecule has 1 atom stereocenters. The topological polar surface area (TPSA) is 63.6 Å². The van der Waals surface area contributed by atoms with Crippen LogP contribution in [0.15, 0.2) is 18.2 Å². The van der Waals surface area contributed by atoms with E-state index in [9.17, 15) is 22.8 Å². The first-order chi connectivity index (χ1) is 14.4. The molecule has 6 nitrogen and oxygen atoms in total. The summed E-state index contributed by atoms with van der Waals surface area (Å²) < 4.78 is 48.0. The summed E-state index contributed by atoms with van der Waals surface area (Å²) in [5.74, 6) is -3.90. The fourth-order valence-electron chi connectivity index (χ4n) is 4.09. The Morgan fingerprint density at radius 2 is 1.90 bits per heavy atom. The Hall–Kier alpha value is -2.81. The van der Waals surface area contributed by atoms with Crippen LogP contribution in [-0.4, -0.2) is 40.5 Å². The first-order valence-corrected chi connectivity index (χ1v) is 9.89. The average Bonchev–Trinajstić information content (AvgIpc) is 3.30. The highest BCUT2D eigenvalue weighted by molar-refractivity contribution is 6.00. The van der Waals surface area contributed by atoms with Gasteiger partial charge in [0.1, 0.15) is 23.1 Å². The van der Waals surface area contributed by atoms with Crippen LogP contribution in [0, 0.1) is 17.5 Å². The minimum atomic E-state index is -1.08. The number of nitrogens with one attached hydrogen (secondary N) is 1. The second-order valence-corrected chi connectivity index (χ2v) is 7.61. The van der Waals surface area contributed by atoms with Gasteiger partial charge in [0, 0.05) is 43.4 Å². The summed E-state index contributed by atoms with van der Waals surface area (Å²) in [6.07, 6.45) is 1.87. The van der Waals surface area contributed by atoms with Crippen LogP contribution in [0.5, 0.6) is 0 Å². The van der Waals surface area contributed by atoms with Crippen molar-refractivity contribution >= 4 is 11.8 Å². The zero-order valence-electron chi connectivity index (χ0n) is 16.5. The van der Waals surface area contributed by atoms with Gasteiger partial charge in [-0.2, -0.15) is 0 Å². The molecular formula is C21H22F3N3O3. The lowest BCUT2D eigenvalue weighted by Gasteiger charge is -2.24. The van der Waals surface area contributed by atoms with Gasteiger partial charge in [-0.1, -0.05) is 0 Å². The number of carbonyl (C=O) groups excluding carboxylic acids is 2. The van der Waals surface area contributed by atoms with Gasteiger partial charge in [0.2, 0.25) is 0 Å². The van der Waals surface area contributed by atoms with Crippen molar-refractivity contribution in [1.82, 2.24) is 14.8 Å². The van der Waals surface area contributed by atoms with Crippen LogP contribution < -0.4 is 5.32 Å². The van der Waals surface area contributed by atoms with E-state index >= 15 is 0 Å². The molecule has 0 aliphatic carbocycles. The van der Waals surface area contributed by atoms with E-state index in [4.69, 9.17) is 4.74 Å². The SMILES string of the molecule is CC1CCCN1C(=O)c1cc(C(=O)NCc2c(F)cc(F)cc2F)c2n1CCOC2. The van der Waals surface area contributed by atoms with E-state index in [2.05, 4.69) is 5.32 Å². The Kier molecular flexibility index (Phi) is 5.55. The highest BCUT2D eigenvalue weighted by atomic mass is 19.1. The van der Waals surface area contributed by atoms with Crippen LogP contribution in [-0.2, 0) is 24.4 Å². The number of hydrogen-bond acceptors (Lipinski definition) is 3. The standard InChI is InChI=1S/C21H22F3N3O3/c1-12-3-2-4-26(12)21(29)18-9-14(19-11-30-6-5-27(18)19)20(28)25-10-15-16(23)7-13(22)8-17(15)24/h7-9,12H,2-6,10-11H2,1H3,(H,25,28). The predicted octanol–water partition coefficient (Wildman–Crippen LogP) is 2.99. The van der Waals surface area contributed by atoms with Crippen LogP contribution in [0.4, 0.5) is 13.2 Å². The van der Waals surface area contributed by atoms with E-state index in [-0.39, 0.29) is 24.1 Å². The Labute approximate surface area is 171 Å².